The van der Waals surface area contributed by atoms with Crippen molar-refractivity contribution in [1.82, 2.24) is 0 Å². The molecule has 8 heteroatoms. The highest BCUT2D eigenvalue weighted by molar-refractivity contribution is 6.09. The fraction of sp³-hybridized carbons (Fsp3) is 0.280. The van der Waals surface area contributed by atoms with Crippen molar-refractivity contribution >= 4 is 17.3 Å². The van der Waals surface area contributed by atoms with Gasteiger partial charge in [0.1, 0.15) is 18.0 Å². The molecular formula is C25H25N3O5. The largest absolute Gasteiger partial charge is 0.711 e. The molecule has 170 valence electrons. The third-order valence-corrected chi connectivity index (χ3v) is 5.96. The Labute approximate surface area is 191 Å². The first kappa shape index (κ1) is 22.3. The normalized spacial score (nSPS) is 14.1. The summed E-state index contributed by atoms with van der Waals surface area (Å²) in [6, 6.07) is 18.9. The van der Waals surface area contributed by atoms with Gasteiger partial charge in [0.15, 0.2) is 5.78 Å². The Morgan fingerprint density at radius 2 is 1.76 bits per heavy atom. The molecule has 0 unspecified atom stereocenters. The van der Waals surface area contributed by atoms with Crippen LogP contribution in [0.3, 0.4) is 0 Å². The van der Waals surface area contributed by atoms with E-state index in [4.69, 9.17) is 4.74 Å². The number of carbonyl (C=O) groups is 1. The molecule has 2 aromatic carbocycles. The van der Waals surface area contributed by atoms with Gasteiger partial charge in [0.2, 0.25) is 0 Å². The lowest BCUT2D eigenvalue weighted by molar-refractivity contribution is -0.593. The van der Waals surface area contributed by atoms with Crippen molar-refractivity contribution in [3.63, 3.8) is 0 Å². The Balaban J connectivity index is 1.28. The topological polar surface area (TPSA) is 99.6 Å². The molecule has 0 spiro atoms. The number of carbonyl (C=O) groups excluding carboxylic acids is 1. The summed E-state index contributed by atoms with van der Waals surface area (Å²) in [4.78, 5) is 25.0. The van der Waals surface area contributed by atoms with Gasteiger partial charge in [-0.3, -0.25) is 19.8 Å². The van der Waals surface area contributed by atoms with E-state index in [2.05, 4.69) is 0 Å². The van der Waals surface area contributed by atoms with Gasteiger partial charge in [-0.1, -0.05) is 42.5 Å². The Kier molecular flexibility index (Phi) is 6.83. The molecule has 1 saturated heterocycles. The highest BCUT2D eigenvalue weighted by Gasteiger charge is 2.27. The van der Waals surface area contributed by atoms with Crippen molar-refractivity contribution in [1.29, 1.82) is 0 Å². The number of hydrogen-bond acceptors (Lipinski definition) is 6. The van der Waals surface area contributed by atoms with Crippen LogP contribution >= 0.6 is 0 Å². The third kappa shape index (κ3) is 5.46. The van der Waals surface area contributed by atoms with E-state index < -0.39 is 4.92 Å². The summed E-state index contributed by atoms with van der Waals surface area (Å²) in [7, 11) is 0. The first-order chi connectivity index (χ1) is 16.0. The van der Waals surface area contributed by atoms with E-state index in [-0.39, 0.29) is 11.5 Å². The van der Waals surface area contributed by atoms with Crippen molar-refractivity contribution in [2.45, 2.75) is 19.3 Å². The van der Waals surface area contributed by atoms with Crippen LogP contribution in [0.25, 0.3) is 0 Å². The van der Waals surface area contributed by atoms with Crippen LogP contribution in [0.2, 0.25) is 0 Å². The number of nitrogens with zero attached hydrogens (tertiary/aromatic N) is 3. The molecule has 1 aliphatic rings. The lowest BCUT2D eigenvalue weighted by Crippen LogP contribution is -2.42. The molecule has 1 aliphatic heterocycles. The number of rotatable bonds is 8. The minimum Gasteiger partial charge on any atom is -0.711 e. The number of anilines is 1. The average Bonchev–Trinajstić information content (AvgIpc) is 2.85. The molecular weight excluding hydrogens is 422 g/mol. The standard InChI is InChI=1S/C25H25N3O5/c29-25(20-5-2-1-3-6-20)21-7-4-8-23(17-21)33-16-12-19-9-13-26(14-10-19)24-18-22(28(31)32)11-15-27(24)30/h1-8,11,15,17-19H,9-10,12-14,16H2. The molecule has 0 amide bonds. The molecule has 0 radical (unpaired) electrons. The second kappa shape index (κ2) is 10.1. The number of piperidine rings is 1. The molecule has 1 aromatic heterocycles. The molecule has 0 N–H and O–H groups in total. The summed E-state index contributed by atoms with van der Waals surface area (Å²) in [5, 5.41) is 23.1. The summed E-state index contributed by atoms with van der Waals surface area (Å²) in [6.07, 6.45) is 3.79. The maximum Gasteiger partial charge on any atom is 0.286 e. The first-order valence-corrected chi connectivity index (χ1v) is 11.0. The minimum absolute atomic E-state index is 0.0369. The van der Waals surface area contributed by atoms with E-state index >= 15 is 0 Å². The van der Waals surface area contributed by atoms with Crippen molar-refractivity contribution in [2.24, 2.45) is 5.92 Å². The Hall–Kier alpha value is -3.94. The van der Waals surface area contributed by atoms with Crippen LogP contribution in [0.5, 0.6) is 5.75 Å². The van der Waals surface area contributed by atoms with Crippen LogP contribution in [0.4, 0.5) is 11.5 Å². The van der Waals surface area contributed by atoms with Gasteiger partial charge in [-0.05, 0) is 37.3 Å². The van der Waals surface area contributed by atoms with Gasteiger partial charge in [0, 0.05) is 11.1 Å². The van der Waals surface area contributed by atoms with Gasteiger partial charge in [-0.2, -0.15) is 0 Å². The highest BCUT2D eigenvalue weighted by atomic mass is 16.6. The fourth-order valence-corrected chi connectivity index (χ4v) is 4.09. The Bertz CT molecular complexity index is 1130. The van der Waals surface area contributed by atoms with E-state index in [1.165, 1.54) is 18.3 Å². The SMILES string of the molecule is O=C(c1ccccc1)c1cccc(OCCC2CCN(c3cc([N+](=O)[O-])cc[n+]3[O-])CC2)c1. The van der Waals surface area contributed by atoms with Crippen LogP contribution in [0.15, 0.2) is 72.9 Å². The highest BCUT2D eigenvalue weighted by Crippen LogP contribution is 2.26. The molecule has 0 aliphatic carbocycles. The second-order valence-corrected chi connectivity index (χ2v) is 8.12. The van der Waals surface area contributed by atoms with Crippen LogP contribution in [0, 0.1) is 21.2 Å². The quantitative estimate of drug-likeness (QED) is 0.169. The van der Waals surface area contributed by atoms with Gasteiger partial charge >= 0.3 is 0 Å². The maximum atomic E-state index is 12.6. The average molecular weight is 447 g/mol. The summed E-state index contributed by atoms with van der Waals surface area (Å²) >= 11 is 0. The van der Waals surface area contributed by atoms with Crippen molar-refractivity contribution in [2.75, 3.05) is 24.6 Å². The zero-order chi connectivity index (χ0) is 23.2. The molecule has 2 heterocycles. The predicted octanol–water partition coefficient (Wildman–Crippen LogP) is 4.14. The van der Waals surface area contributed by atoms with Crippen LogP contribution in [-0.2, 0) is 0 Å². The smallest absolute Gasteiger partial charge is 0.286 e. The number of ketones is 1. The molecule has 3 aromatic rings. The van der Waals surface area contributed by atoms with E-state index in [0.717, 1.165) is 19.3 Å². The van der Waals surface area contributed by atoms with E-state index in [1.807, 2.05) is 35.2 Å². The Morgan fingerprint density at radius 3 is 2.48 bits per heavy atom. The number of ether oxygens (including phenoxy) is 1. The molecule has 0 atom stereocenters. The molecule has 0 saturated carbocycles. The van der Waals surface area contributed by atoms with Crippen LogP contribution < -0.4 is 14.4 Å². The summed E-state index contributed by atoms with van der Waals surface area (Å²) in [5.41, 5.74) is 1.15. The Morgan fingerprint density at radius 1 is 1.03 bits per heavy atom. The van der Waals surface area contributed by atoms with Crippen LogP contribution in [0.1, 0.15) is 35.2 Å². The molecule has 0 bridgehead atoms. The summed E-state index contributed by atoms with van der Waals surface area (Å²) in [5.74, 6) is 1.39. The summed E-state index contributed by atoms with van der Waals surface area (Å²) in [6.45, 7) is 1.86. The number of nitro groups is 1. The van der Waals surface area contributed by atoms with Gasteiger partial charge in [-0.15, -0.1) is 0 Å². The minimum atomic E-state index is -0.490. The fourth-order valence-electron chi connectivity index (χ4n) is 4.09. The lowest BCUT2D eigenvalue weighted by Gasteiger charge is -2.29. The monoisotopic (exact) mass is 447 g/mol. The molecule has 4 rings (SSSR count). The summed E-state index contributed by atoms with van der Waals surface area (Å²) < 4.78 is 6.59. The van der Waals surface area contributed by atoms with Gasteiger partial charge in [0.05, 0.1) is 30.7 Å². The van der Waals surface area contributed by atoms with E-state index in [1.54, 1.807) is 24.3 Å². The molecule has 1 fully saturated rings. The van der Waals surface area contributed by atoms with Gasteiger partial charge in [0.25, 0.3) is 11.5 Å². The molecule has 8 nitrogen and oxygen atoms in total. The van der Waals surface area contributed by atoms with Crippen LogP contribution in [-0.4, -0.2) is 30.4 Å². The molecule has 33 heavy (non-hydrogen) atoms. The van der Waals surface area contributed by atoms with Gasteiger partial charge in [-0.25, -0.2) is 4.73 Å². The number of benzene rings is 2. The van der Waals surface area contributed by atoms with Crippen molar-refractivity contribution < 1.29 is 19.2 Å². The second-order valence-electron chi connectivity index (χ2n) is 8.12. The maximum absolute atomic E-state index is 12.6. The van der Waals surface area contributed by atoms with E-state index in [0.29, 0.717) is 53.0 Å². The number of hydrogen-bond donors (Lipinski definition) is 0. The number of pyridine rings is 1. The van der Waals surface area contributed by atoms with Crippen molar-refractivity contribution in [3.05, 3.63) is 99.4 Å². The zero-order valence-corrected chi connectivity index (χ0v) is 18.1. The third-order valence-electron chi connectivity index (χ3n) is 5.96. The van der Waals surface area contributed by atoms with Gasteiger partial charge < -0.3 is 9.94 Å². The van der Waals surface area contributed by atoms with Crippen molar-refractivity contribution in [3.8, 4) is 5.75 Å². The lowest BCUT2D eigenvalue weighted by atomic mass is 9.94. The number of aromatic nitrogens is 1. The van der Waals surface area contributed by atoms with E-state index in [9.17, 15) is 20.1 Å². The zero-order valence-electron chi connectivity index (χ0n) is 18.1. The first-order valence-electron chi connectivity index (χ1n) is 11.0. The predicted molar refractivity (Wildman–Crippen MR) is 123 cm³/mol.